The molecule has 2 bridgehead atoms. The predicted molar refractivity (Wildman–Crippen MR) is 89.1 cm³/mol. The van der Waals surface area contributed by atoms with Gasteiger partial charge in [-0.25, -0.2) is 4.79 Å². The molecule has 130 valence electrons. The summed E-state index contributed by atoms with van der Waals surface area (Å²) >= 11 is 0. The van der Waals surface area contributed by atoms with E-state index in [-0.39, 0.29) is 11.9 Å². The summed E-state index contributed by atoms with van der Waals surface area (Å²) in [4.78, 5) is 27.5. The number of fused-ring (bicyclic) bond motifs is 2. The van der Waals surface area contributed by atoms with Crippen LogP contribution >= 0.6 is 0 Å². The van der Waals surface area contributed by atoms with Crippen LogP contribution in [0.3, 0.4) is 0 Å². The topological polar surface area (TPSA) is 64.7 Å². The highest BCUT2D eigenvalue weighted by Crippen LogP contribution is 2.46. The van der Waals surface area contributed by atoms with Crippen molar-refractivity contribution in [2.75, 3.05) is 39.3 Å². The molecular formula is C17H30N4O2. The van der Waals surface area contributed by atoms with E-state index in [0.29, 0.717) is 13.1 Å². The number of nitrogens with one attached hydrogen (secondary N) is 2. The van der Waals surface area contributed by atoms with Crippen molar-refractivity contribution < 1.29 is 9.59 Å². The molecule has 0 radical (unpaired) electrons. The van der Waals surface area contributed by atoms with Crippen molar-refractivity contribution in [2.24, 2.45) is 11.8 Å². The van der Waals surface area contributed by atoms with Crippen LogP contribution in [0.4, 0.5) is 4.79 Å². The normalized spacial score (nSPS) is 30.5. The van der Waals surface area contributed by atoms with Crippen LogP contribution in [0.15, 0.2) is 0 Å². The third-order valence-electron chi connectivity index (χ3n) is 5.77. The summed E-state index contributed by atoms with van der Waals surface area (Å²) < 4.78 is 0. The van der Waals surface area contributed by atoms with E-state index in [1.54, 1.807) is 0 Å². The van der Waals surface area contributed by atoms with Crippen LogP contribution in [0.2, 0.25) is 0 Å². The highest BCUT2D eigenvalue weighted by atomic mass is 16.2. The maximum Gasteiger partial charge on any atom is 0.317 e. The molecule has 1 aliphatic heterocycles. The first-order chi connectivity index (χ1) is 11.1. The van der Waals surface area contributed by atoms with Gasteiger partial charge in [0.2, 0.25) is 5.91 Å². The van der Waals surface area contributed by atoms with Crippen LogP contribution in [0.1, 0.15) is 39.0 Å². The van der Waals surface area contributed by atoms with Gasteiger partial charge in [0.1, 0.15) is 0 Å². The number of piperazine rings is 1. The molecule has 2 saturated carbocycles. The molecule has 0 unspecified atom stereocenters. The Bertz CT molecular complexity index is 434. The molecule has 6 nitrogen and oxygen atoms in total. The lowest BCUT2D eigenvalue weighted by Gasteiger charge is -2.41. The Balaban J connectivity index is 1.32. The van der Waals surface area contributed by atoms with E-state index in [0.717, 1.165) is 50.5 Å². The molecule has 0 spiro atoms. The lowest BCUT2D eigenvalue weighted by Crippen LogP contribution is -2.55. The van der Waals surface area contributed by atoms with Crippen molar-refractivity contribution in [2.45, 2.75) is 45.1 Å². The van der Waals surface area contributed by atoms with Gasteiger partial charge in [0.05, 0.1) is 0 Å². The van der Waals surface area contributed by atoms with Gasteiger partial charge in [-0.1, -0.05) is 6.42 Å². The minimum absolute atomic E-state index is 0.0203. The molecule has 23 heavy (non-hydrogen) atoms. The molecule has 1 heterocycles. The Morgan fingerprint density at radius 2 is 1.74 bits per heavy atom. The van der Waals surface area contributed by atoms with Crippen molar-refractivity contribution >= 4 is 11.9 Å². The van der Waals surface area contributed by atoms with E-state index in [4.69, 9.17) is 0 Å². The smallest absolute Gasteiger partial charge is 0.317 e. The summed E-state index contributed by atoms with van der Waals surface area (Å²) in [5.41, 5.74) is 0. The van der Waals surface area contributed by atoms with E-state index in [1.807, 2.05) is 4.90 Å². The highest BCUT2D eigenvalue weighted by molar-refractivity contribution is 5.74. The van der Waals surface area contributed by atoms with Gasteiger partial charge in [-0.05, 0) is 37.5 Å². The third kappa shape index (κ3) is 4.16. The van der Waals surface area contributed by atoms with Crippen LogP contribution in [0, 0.1) is 11.8 Å². The summed E-state index contributed by atoms with van der Waals surface area (Å²) in [7, 11) is 0. The Kier molecular flexibility index (Phi) is 5.41. The Labute approximate surface area is 139 Å². The molecule has 6 heteroatoms. The van der Waals surface area contributed by atoms with E-state index < -0.39 is 0 Å². The van der Waals surface area contributed by atoms with Crippen LogP contribution in [-0.2, 0) is 4.79 Å². The predicted octanol–water partition coefficient (Wildman–Crippen LogP) is 1.03. The lowest BCUT2D eigenvalue weighted by molar-refractivity contribution is -0.118. The van der Waals surface area contributed by atoms with Crippen LogP contribution in [0.25, 0.3) is 0 Å². The van der Waals surface area contributed by atoms with E-state index >= 15 is 0 Å². The zero-order chi connectivity index (χ0) is 16.2. The maximum atomic E-state index is 12.2. The van der Waals surface area contributed by atoms with Gasteiger partial charge in [0, 0.05) is 52.2 Å². The van der Waals surface area contributed by atoms with Gasteiger partial charge in [0.15, 0.2) is 0 Å². The Morgan fingerprint density at radius 1 is 1.00 bits per heavy atom. The second-order valence-corrected chi connectivity index (χ2v) is 7.33. The number of hydrogen-bond acceptors (Lipinski definition) is 3. The average Bonchev–Trinajstić information content (AvgIpc) is 3.17. The molecule has 2 N–H and O–H groups in total. The molecule has 3 fully saturated rings. The van der Waals surface area contributed by atoms with Gasteiger partial charge >= 0.3 is 6.03 Å². The highest BCUT2D eigenvalue weighted by Gasteiger charge is 2.42. The standard InChI is InChI=1S/C17H30N4O2/c1-13(22)18-5-2-6-19-17(23)21-9-7-20(8-10-21)16-12-14-3-4-15(16)11-14/h14-16H,2-12H2,1H3,(H,18,22)(H,19,23)/t14-,15-,16+/m0/s1. The first-order valence-corrected chi connectivity index (χ1v) is 9.14. The third-order valence-corrected chi connectivity index (χ3v) is 5.77. The number of carbonyl (C=O) groups is 2. The second-order valence-electron chi connectivity index (χ2n) is 7.33. The van der Waals surface area contributed by atoms with Crippen molar-refractivity contribution in [3.8, 4) is 0 Å². The number of hydrogen-bond donors (Lipinski definition) is 2. The Hall–Kier alpha value is -1.30. The minimum atomic E-state index is -0.0203. The van der Waals surface area contributed by atoms with Crippen molar-refractivity contribution in [1.29, 1.82) is 0 Å². The summed E-state index contributed by atoms with van der Waals surface area (Å²) in [6.07, 6.45) is 6.47. The number of carbonyl (C=O) groups excluding carboxylic acids is 2. The van der Waals surface area contributed by atoms with Gasteiger partial charge in [0.25, 0.3) is 0 Å². The first kappa shape index (κ1) is 16.6. The number of rotatable bonds is 5. The van der Waals surface area contributed by atoms with Gasteiger partial charge < -0.3 is 15.5 Å². The minimum Gasteiger partial charge on any atom is -0.356 e. The zero-order valence-corrected chi connectivity index (χ0v) is 14.2. The van der Waals surface area contributed by atoms with Gasteiger partial charge in [-0.3, -0.25) is 9.69 Å². The molecule has 3 amide bonds. The molecule has 2 aliphatic carbocycles. The summed E-state index contributed by atoms with van der Waals surface area (Å²) in [6, 6.07) is 0.831. The molecule has 0 aromatic rings. The largest absolute Gasteiger partial charge is 0.356 e. The number of amides is 3. The average molecular weight is 322 g/mol. The SMILES string of the molecule is CC(=O)NCCCNC(=O)N1CCN([C@@H]2C[C@H]3CC[C@H]2C3)CC1. The summed E-state index contributed by atoms with van der Waals surface area (Å²) in [5.74, 6) is 1.89. The molecule has 3 rings (SSSR count). The molecule has 1 saturated heterocycles. The Morgan fingerprint density at radius 3 is 2.35 bits per heavy atom. The zero-order valence-electron chi connectivity index (χ0n) is 14.2. The fourth-order valence-electron chi connectivity index (χ4n) is 4.57. The van der Waals surface area contributed by atoms with Gasteiger partial charge in [-0.2, -0.15) is 0 Å². The van der Waals surface area contributed by atoms with E-state index in [1.165, 1.54) is 32.6 Å². The number of nitrogens with zero attached hydrogens (tertiary/aromatic N) is 2. The van der Waals surface area contributed by atoms with E-state index in [9.17, 15) is 9.59 Å². The quantitative estimate of drug-likeness (QED) is 0.743. The van der Waals surface area contributed by atoms with Crippen LogP contribution < -0.4 is 10.6 Å². The lowest BCUT2D eigenvalue weighted by atomic mass is 9.93. The summed E-state index contributed by atoms with van der Waals surface area (Å²) in [6.45, 7) is 6.46. The molecule has 3 aliphatic rings. The monoisotopic (exact) mass is 322 g/mol. The summed E-state index contributed by atoms with van der Waals surface area (Å²) in [5, 5.41) is 5.69. The molecule has 3 atom stereocenters. The van der Waals surface area contributed by atoms with Crippen molar-refractivity contribution in [3.05, 3.63) is 0 Å². The molecular weight excluding hydrogens is 292 g/mol. The molecule has 0 aromatic carbocycles. The maximum absolute atomic E-state index is 12.2. The van der Waals surface area contributed by atoms with Crippen molar-refractivity contribution in [3.63, 3.8) is 0 Å². The fourth-order valence-corrected chi connectivity index (χ4v) is 4.57. The van der Waals surface area contributed by atoms with Crippen LogP contribution in [-0.4, -0.2) is 67.0 Å². The van der Waals surface area contributed by atoms with E-state index in [2.05, 4.69) is 15.5 Å². The van der Waals surface area contributed by atoms with Crippen molar-refractivity contribution in [1.82, 2.24) is 20.4 Å². The molecule has 0 aromatic heterocycles. The van der Waals surface area contributed by atoms with Crippen LogP contribution in [0.5, 0.6) is 0 Å². The second kappa shape index (κ2) is 7.51. The number of urea groups is 1. The van der Waals surface area contributed by atoms with Gasteiger partial charge in [-0.15, -0.1) is 0 Å². The fraction of sp³-hybridized carbons (Fsp3) is 0.882. The first-order valence-electron chi connectivity index (χ1n) is 9.14.